The highest BCUT2D eigenvalue weighted by Crippen LogP contribution is 2.19. The monoisotopic (exact) mass is 379 g/mol. The van der Waals surface area contributed by atoms with Crippen molar-refractivity contribution in [3.8, 4) is 0 Å². The van der Waals surface area contributed by atoms with E-state index in [-0.39, 0.29) is 5.91 Å². The first-order valence-electron chi connectivity index (χ1n) is 8.11. The summed E-state index contributed by atoms with van der Waals surface area (Å²) in [6, 6.07) is 16.4. The third-order valence-corrected chi connectivity index (χ3v) is 4.28. The fourth-order valence-corrected chi connectivity index (χ4v) is 2.75. The predicted molar refractivity (Wildman–Crippen MR) is 101 cm³/mol. The molecule has 0 spiro atoms. The Labute approximate surface area is 159 Å². The van der Waals surface area contributed by atoms with Crippen LogP contribution in [0.4, 0.5) is 5.82 Å². The van der Waals surface area contributed by atoms with Gasteiger partial charge in [-0.25, -0.2) is 14.6 Å². The van der Waals surface area contributed by atoms with Crippen molar-refractivity contribution >= 4 is 34.5 Å². The Morgan fingerprint density at radius 3 is 2.63 bits per heavy atom. The number of hydrogen-bond donors (Lipinski definition) is 2. The number of rotatable bonds is 5. The van der Waals surface area contributed by atoms with E-state index in [2.05, 4.69) is 31.1 Å². The fraction of sp³-hybridized carbons (Fsp3) is 0.0556. The summed E-state index contributed by atoms with van der Waals surface area (Å²) in [6.45, 7) is 0.420. The minimum absolute atomic E-state index is 0.286. The third-order valence-electron chi connectivity index (χ3n) is 3.91. The van der Waals surface area contributed by atoms with Crippen molar-refractivity contribution in [2.45, 2.75) is 6.54 Å². The zero-order valence-electron chi connectivity index (χ0n) is 14.0. The van der Waals surface area contributed by atoms with Crippen LogP contribution in [0.3, 0.4) is 0 Å². The van der Waals surface area contributed by atoms with Gasteiger partial charge in [-0.05, 0) is 23.8 Å². The molecule has 2 aromatic heterocycles. The third kappa shape index (κ3) is 3.56. The number of benzene rings is 2. The molecule has 0 aliphatic heterocycles. The van der Waals surface area contributed by atoms with Crippen LogP contribution in [0.5, 0.6) is 0 Å². The van der Waals surface area contributed by atoms with Crippen molar-refractivity contribution in [1.82, 2.24) is 30.4 Å². The van der Waals surface area contributed by atoms with Gasteiger partial charge in [0.2, 0.25) is 0 Å². The Morgan fingerprint density at radius 1 is 1.04 bits per heavy atom. The van der Waals surface area contributed by atoms with Crippen LogP contribution in [0.2, 0.25) is 5.02 Å². The fourth-order valence-electron chi connectivity index (χ4n) is 2.56. The molecule has 0 aliphatic rings. The van der Waals surface area contributed by atoms with Crippen molar-refractivity contribution in [3.05, 3.63) is 77.1 Å². The standard InChI is InChI=1S/C18H14ClN7O/c19-14-9-5-4-8-13(14)10-26-17-15(22-25-26)16(20-11-21-17)23-24-18(27)12-6-2-1-3-7-12/h1-9,11H,10H2,(H,24,27)(H,20,21,23). The van der Waals surface area contributed by atoms with Gasteiger partial charge in [0.15, 0.2) is 17.0 Å². The van der Waals surface area contributed by atoms with Gasteiger partial charge in [0.05, 0.1) is 6.54 Å². The average molecular weight is 380 g/mol. The second-order valence-corrected chi connectivity index (χ2v) is 6.09. The van der Waals surface area contributed by atoms with Crippen LogP contribution >= 0.6 is 11.6 Å². The molecule has 4 rings (SSSR count). The van der Waals surface area contributed by atoms with Crippen LogP contribution in [0.1, 0.15) is 15.9 Å². The molecule has 2 aromatic carbocycles. The lowest BCUT2D eigenvalue weighted by Gasteiger charge is -2.08. The van der Waals surface area contributed by atoms with Gasteiger partial charge in [0.1, 0.15) is 6.33 Å². The molecule has 0 radical (unpaired) electrons. The molecule has 2 N–H and O–H groups in total. The predicted octanol–water partition coefficient (Wildman–Crippen LogP) is 2.68. The van der Waals surface area contributed by atoms with Crippen molar-refractivity contribution in [1.29, 1.82) is 0 Å². The smallest absolute Gasteiger partial charge is 0.269 e. The van der Waals surface area contributed by atoms with Gasteiger partial charge >= 0.3 is 0 Å². The van der Waals surface area contributed by atoms with E-state index in [1.165, 1.54) is 6.33 Å². The van der Waals surface area contributed by atoms with Crippen LogP contribution in [-0.4, -0.2) is 30.9 Å². The number of nitrogens with zero attached hydrogens (tertiary/aromatic N) is 5. The minimum atomic E-state index is -0.286. The van der Waals surface area contributed by atoms with Gasteiger partial charge in [-0.15, -0.1) is 5.10 Å². The molecule has 27 heavy (non-hydrogen) atoms. The van der Waals surface area contributed by atoms with Crippen LogP contribution < -0.4 is 10.9 Å². The average Bonchev–Trinajstić information content (AvgIpc) is 3.12. The molecule has 0 atom stereocenters. The number of halogens is 1. The van der Waals surface area contributed by atoms with Gasteiger partial charge in [0.25, 0.3) is 5.91 Å². The highest BCUT2D eigenvalue weighted by atomic mass is 35.5. The molecule has 0 saturated carbocycles. The number of anilines is 1. The molecule has 134 valence electrons. The second kappa shape index (κ2) is 7.38. The van der Waals surface area contributed by atoms with Crippen LogP contribution in [0, 0.1) is 0 Å². The van der Waals surface area contributed by atoms with Gasteiger partial charge < -0.3 is 0 Å². The van der Waals surface area contributed by atoms with Gasteiger partial charge in [-0.2, -0.15) is 0 Å². The number of hydrogen-bond acceptors (Lipinski definition) is 6. The minimum Gasteiger partial charge on any atom is -0.280 e. The highest BCUT2D eigenvalue weighted by molar-refractivity contribution is 6.31. The van der Waals surface area contributed by atoms with E-state index in [9.17, 15) is 4.79 Å². The SMILES string of the molecule is O=C(NNc1ncnc2c1nnn2Cc1ccccc1Cl)c1ccccc1. The first-order chi connectivity index (χ1) is 13.2. The molecular weight excluding hydrogens is 366 g/mol. The van der Waals surface area contributed by atoms with Crippen molar-refractivity contribution in [2.75, 3.05) is 5.43 Å². The number of fused-ring (bicyclic) bond motifs is 1. The van der Waals surface area contributed by atoms with Crippen molar-refractivity contribution < 1.29 is 4.79 Å². The molecule has 0 saturated heterocycles. The van der Waals surface area contributed by atoms with Gasteiger partial charge in [0, 0.05) is 10.6 Å². The summed E-state index contributed by atoms with van der Waals surface area (Å²) in [5, 5.41) is 8.90. The lowest BCUT2D eigenvalue weighted by molar-refractivity contribution is 0.0962. The lowest BCUT2D eigenvalue weighted by atomic mass is 10.2. The summed E-state index contributed by atoms with van der Waals surface area (Å²) >= 11 is 6.21. The Bertz CT molecular complexity index is 1100. The number of amides is 1. The topological polar surface area (TPSA) is 97.6 Å². The van der Waals surface area contributed by atoms with Crippen molar-refractivity contribution in [3.63, 3.8) is 0 Å². The van der Waals surface area contributed by atoms with E-state index < -0.39 is 0 Å². The van der Waals surface area contributed by atoms with E-state index in [1.807, 2.05) is 30.3 Å². The number of nitrogens with one attached hydrogen (secondary N) is 2. The largest absolute Gasteiger partial charge is 0.280 e. The van der Waals surface area contributed by atoms with Crippen LogP contribution in [0.15, 0.2) is 60.9 Å². The number of hydrazine groups is 1. The summed E-state index contributed by atoms with van der Waals surface area (Å²) in [6.07, 6.45) is 1.38. The van der Waals surface area contributed by atoms with E-state index >= 15 is 0 Å². The zero-order chi connectivity index (χ0) is 18.6. The normalized spacial score (nSPS) is 10.7. The Hall–Kier alpha value is -3.52. The highest BCUT2D eigenvalue weighted by Gasteiger charge is 2.14. The molecule has 8 nitrogen and oxygen atoms in total. The maximum absolute atomic E-state index is 12.2. The van der Waals surface area contributed by atoms with E-state index in [4.69, 9.17) is 11.6 Å². The quantitative estimate of drug-likeness (QED) is 0.517. The zero-order valence-corrected chi connectivity index (χ0v) is 14.8. The molecular formula is C18H14ClN7O. The molecule has 4 aromatic rings. The van der Waals surface area contributed by atoms with Crippen molar-refractivity contribution in [2.24, 2.45) is 0 Å². The van der Waals surface area contributed by atoms with Crippen LogP contribution in [-0.2, 0) is 6.54 Å². The molecule has 0 unspecified atom stereocenters. The molecule has 9 heteroatoms. The number of carbonyl (C=O) groups is 1. The molecule has 1 amide bonds. The molecule has 0 bridgehead atoms. The summed E-state index contributed by atoms with van der Waals surface area (Å²) in [5.41, 5.74) is 7.78. The maximum atomic E-state index is 12.2. The first-order valence-corrected chi connectivity index (χ1v) is 8.49. The number of aromatic nitrogens is 5. The Kier molecular flexibility index (Phi) is 4.63. The molecule has 0 fully saturated rings. The summed E-state index contributed by atoms with van der Waals surface area (Å²) in [5.74, 6) is 0.0699. The Morgan fingerprint density at radius 2 is 1.81 bits per heavy atom. The van der Waals surface area contributed by atoms with Gasteiger partial charge in [-0.1, -0.05) is 53.2 Å². The summed E-state index contributed by atoms with van der Waals surface area (Å²) in [7, 11) is 0. The summed E-state index contributed by atoms with van der Waals surface area (Å²) < 4.78 is 1.63. The lowest BCUT2D eigenvalue weighted by Crippen LogP contribution is -2.29. The molecule has 2 heterocycles. The Balaban J connectivity index is 1.56. The van der Waals surface area contributed by atoms with E-state index in [0.717, 1.165) is 5.56 Å². The van der Waals surface area contributed by atoms with Crippen LogP contribution in [0.25, 0.3) is 11.2 Å². The van der Waals surface area contributed by atoms with Gasteiger partial charge in [-0.3, -0.25) is 15.6 Å². The summed E-state index contributed by atoms with van der Waals surface area (Å²) in [4.78, 5) is 20.5. The molecule has 0 aliphatic carbocycles. The maximum Gasteiger partial charge on any atom is 0.269 e. The van der Waals surface area contributed by atoms with E-state index in [0.29, 0.717) is 34.1 Å². The first kappa shape index (κ1) is 16.9. The number of carbonyl (C=O) groups excluding carboxylic acids is 1. The van der Waals surface area contributed by atoms with E-state index in [1.54, 1.807) is 28.9 Å². The second-order valence-electron chi connectivity index (χ2n) is 5.68.